The zero-order chi connectivity index (χ0) is 17.1. The van der Waals surface area contributed by atoms with Crippen LogP contribution in [-0.4, -0.2) is 43.9 Å². The summed E-state index contributed by atoms with van der Waals surface area (Å²) < 4.78 is 5.58. The minimum atomic E-state index is -0.940. The SMILES string of the molecule is CCNC(=NCC(C)(O)c1cccs1)NCCOCCC(C)C. The van der Waals surface area contributed by atoms with Gasteiger partial charge in [0, 0.05) is 24.6 Å². The number of ether oxygens (including phenoxy) is 1. The number of thiophene rings is 1. The summed E-state index contributed by atoms with van der Waals surface area (Å²) in [5, 5.41) is 18.9. The molecule has 0 amide bonds. The first-order valence-corrected chi connectivity index (χ1v) is 9.20. The molecular weight excluding hydrogens is 310 g/mol. The topological polar surface area (TPSA) is 65.9 Å². The van der Waals surface area contributed by atoms with E-state index in [1.807, 2.05) is 24.4 Å². The van der Waals surface area contributed by atoms with Gasteiger partial charge >= 0.3 is 0 Å². The fourth-order valence-electron chi connectivity index (χ4n) is 1.90. The smallest absolute Gasteiger partial charge is 0.191 e. The summed E-state index contributed by atoms with van der Waals surface area (Å²) in [6.45, 7) is 11.4. The second kappa shape index (κ2) is 10.6. The van der Waals surface area contributed by atoms with Gasteiger partial charge in [-0.05, 0) is 37.6 Å². The van der Waals surface area contributed by atoms with Crippen LogP contribution in [0, 0.1) is 5.92 Å². The molecule has 6 heteroatoms. The first kappa shape index (κ1) is 19.9. The Morgan fingerprint density at radius 1 is 1.39 bits per heavy atom. The van der Waals surface area contributed by atoms with Crippen molar-refractivity contribution in [1.82, 2.24) is 10.6 Å². The molecule has 0 aliphatic rings. The van der Waals surface area contributed by atoms with Crippen molar-refractivity contribution in [3.8, 4) is 0 Å². The van der Waals surface area contributed by atoms with Gasteiger partial charge in [0.25, 0.3) is 0 Å². The Labute approximate surface area is 144 Å². The summed E-state index contributed by atoms with van der Waals surface area (Å²) in [5.41, 5.74) is -0.940. The zero-order valence-corrected chi connectivity index (χ0v) is 15.6. The second-order valence-electron chi connectivity index (χ2n) is 6.17. The van der Waals surface area contributed by atoms with Crippen molar-refractivity contribution < 1.29 is 9.84 Å². The van der Waals surface area contributed by atoms with Gasteiger partial charge < -0.3 is 20.5 Å². The highest BCUT2D eigenvalue weighted by molar-refractivity contribution is 7.10. The monoisotopic (exact) mass is 341 g/mol. The van der Waals surface area contributed by atoms with E-state index in [4.69, 9.17) is 4.74 Å². The molecule has 0 fully saturated rings. The van der Waals surface area contributed by atoms with Crippen LogP contribution in [0.1, 0.15) is 39.0 Å². The van der Waals surface area contributed by atoms with E-state index in [9.17, 15) is 5.11 Å². The molecule has 1 heterocycles. The molecule has 23 heavy (non-hydrogen) atoms. The van der Waals surface area contributed by atoms with E-state index in [1.165, 1.54) is 0 Å². The van der Waals surface area contributed by atoms with Crippen LogP contribution in [0.2, 0.25) is 0 Å². The molecule has 0 aromatic carbocycles. The van der Waals surface area contributed by atoms with Gasteiger partial charge in [0.2, 0.25) is 0 Å². The fraction of sp³-hybridized carbons (Fsp3) is 0.706. The Morgan fingerprint density at radius 3 is 2.78 bits per heavy atom. The Hall–Kier alpha value is -1.11. The molecular formula is C17H31N3O2S. The third kappa shape index (κ3) is 8.34. The summed E-state index contributed by atoms with van der Waals surface area (Å²) in [4.78, 5) is 5.41. The van der Waals surface area contributed by atoms with E-state index >= 15 is 0 Å². The standard InChI is InChI=1S/C17H31N3O2S/c1-5-18-16(19-9-11-22-10-8-14(2)3)20-13-17(4,21)15-7-6-12-23-15/h6-7,12,14,21H,5,8-11,13H2,1-4H3,(H2,18,19,20). The predicted octanol–water partition coefficient (Wildman–Crippen LogP) is 2.57. The van der Waals surface area contributed by atoms with E-state index in [0.29, 0.717) is 31.6 Å². The van der Waals surface area contributed by atoms with Crippen LogP contribution >= 0.6 is 11.3 Å². The third-order valence-electron chi connectivity index (χ3n) is 3.32. The van der Waals surface area contributed by atoms with Crippen LogP contribution in [0.3, 0.4) is 0 Å². The van der Waals surface area contributed by atoms with Gasteiger partial charge in [0.15, 0.2) is 5.96 Å². The molecule has 0 radical (unpaired) electrons. The highest BCUT2D eigenvalue weighted by Gasteiger charge is 2.23. The van der Waals surface area contributed by atoms with Crippen LogP contribution in [0.5, 0.6) is 0 Å². The molecule has 0 saturated carbocycles. The lowest BCUT2D eigenvalue weighted by Gasteiger charge is -2.20. The molecule has 0 bridgehead atoms. The molecule has 0 aliphatic carbocycles. The van der Waals surface area contributed by atoms with Crippen molar-refractivity contribution in [2.45, 2.75) is 39.7 Å². The Morgan fingerprint density at radius 2 is 2.17 bits per heavy atom. The van der Waals surface area contributed by atoms with Gasteiger partial charge in [-0.3, -0.25) is 0 Å². The predicted molar refractivity (Wildman–Crippen MR) is 98.1 cm³/mol. The van der Waals surface area contributed by atoms with Crippen molar-refractivity contribution in [3.63, 3.8) is 0 Å². The van der Waals surface area contributed by atoms with Gasteiger partial charge in [-0.2, -0.15) is 0 Å². The molecule has 0 aliphatic heterocycles. The van der Waals surface area contributed by atoms with E-state index in [0.717, 1.165) is 24.4 Å². The normalized spacial score (nSPS) is 14.8. The summed E-state index contributed by atoms with van der Waals surface area (Å²) in [5.74, 6) is 1.37. The number of nitrogens with zero attached hydrogens (tertiary/aromatic N) is 1. The third-order valence-corrected chi connectivity index (χ3v) is 4.44. The Balaban J connectivity index is 2.38. The largest absolute Gasteiger partial charge is 0.383 e. The van der Waals surface area contributed by atoms with Gasteiger partial charge in [-0.1, -0.05) is 19.9 Å². The minimum Gasteiger partial charge on any atom is -0.383 e. The lowest BCUT2D eigenvalue weighted by Crippen LogP contribution is -2.40. The molecule has 1 unspecified atom stereocenters. The number of guanidine groups is 1. The lowest BCUT2D eigenvalue weighted by molar-refractivity contribution is 0.0711. The molecule has 1 aromatic heterocycles. The molecule has 0 spiro atoms. The maximum absolute atomic E-state index is 10.5. The highest BCUT2D eigenvalue weighted by atomic mass is 32.1. The lowest BCUT2D eigenvalue weighted by atomic mass is 10.1. The number of nitrogens with one attached hydrogen (secondary N) is 2. The first-order chi connectivity index (χ1) is 11.0. The van der Waals surface area contributed by atoms with Crippen molar-refractivity contribution in [3.05, 3.63) is 22.4 Å². The van der Waals surface area contributed by atoms with Gasteiger partial charge in [-0.25, -0.2) is 4.99 Å². The average Bonchev–Trinajstić information content (AvgIpc) is 3.03. The summed E-state index contributed by atoms with van der Waals surface area (Å²) in [6, 6.07) is 3.87. The average molecular weight is 342 g/mol. The molecule has 1 rings (SSSR count). The van der Waals surface area contributed by atoms with E-state index in [1.54, 1.807) is 18.3 Å². The number of hydrogen-bond acceptors (Lipinski definition) is 4. The summed E-state index contributed by atoms with van der Waals surface area (Å²) in [6.07, 6.45) is 1.08. The zero-order valence-electron chi connectivity index (χ0n) is 14.8. The van der Waals surface area contributed by atoms with Gasteiger partial charge in [-0.15, -0.1) is 11.3 Å². The van der Waals surface area contributed by atoms with Crippen molar-refractivity contribution in [2.24, 2.45) is 10.9 Å². The quantitative estimate of drug-likeness (QED) is 0.348. The molecule has 0 saturated heterocycles. The molecule has 3 N–H and O–H groups in total. The fourth-order valence-corrected chi connectivity index (χ4v) is 2.68. The summed E-state index contributed by atoms with van der Waals surface area (Å²) in [7, 11) is 0. The summed E-state index contributed by atoms with van der Waals surface area (Å²) >= 11 is 1.54. The molecule has 5 nitrogen and oxygen atoms in total. The number of aliphatic hydroxyl groups is 1. The van der Waals surface area contributed by atoms with Gasteiger partial charge in [0.05, 0.1) is 13.2 Å². The minimum absolute atomic E-state index is 0.317. The van der Waals surface area contributed by atoms with Crippen molar-refractivity contribution in [1.29, 1.82) is 0 Å². The van der Waals surface area contributed by atoms with E-state index in [2.05, 4.69) is 29.5 Å². The second-order valence-corrected chi connectivity index (χ2v) is 7.12. The highest BCUT2D eigenvalue weighted by Crippen LogP contribution is 2.25. The number of aliphatic imine (C=N–C) groups is 1. The molecule has 1 atom stereocenters. The first-order valence-electron chi connectivity index (χ1n) is 8.32. The number of hydrogen-bond donors (Lipinski definition) is 3. The maximum Gasteiger partial charge on any atom is 0.191 e. The van der Waals surface area contributed by atoms with Gasteiger partial charge in [0.1, 0.15) is 5.60 Å². The van der Waals surface area contributed by atoms with Crippen LogP contribution in [-0.2, 0) is 10.3 Å². The Kier molecular flexibility index (Phi) is 9.21. The molecule has 1 aromatic rings. The van der Waals surface area contributed by atoms with Crippen molar-refractivity contribution in [2.75, 3.05) is 32.8 Å². The maximum atomic E-state index is 10.5. The number of rotatable bonds is 10. The van der Waals surface area contributed by atoms with Crippen LogP contribution < -0.4 is 10.6 Å². The molecule has 132 valence electrons. The van der Waals surface area contributed by atoms with Crippen molar-refractivity contribution >= 4 is 17.3 Å². The van der Waals surface area contributed by atoms with Crippen LogP contribution in [0.25, 0.3) is 0 Å². The van der Waals surface area contributed by atoms with Crippen LogP contribution in [0.15, 0.2) is 22.5 Å². The Bertz CT molecular complexity index is 445. The van der Waals surface area contributed by atoms with E-state index < -0.39 is 5.60 Å². The van der Waals surface area contributed by atoms with E-state index in [-0.39, 0.29) is 0 Å². The van der Waals surface area contributed by atoms with Crippen LogP contribution in [0.4, 0.5) is 0 Å².